The predicted molar refractivity (Wildman–Crippen MR) is 95.9 cm³/mol. The highest BCUT2D eigenvalue weighted by molar-refractivity contribution is 7.14. The molecule has 2 N–H and O–H groups in total. The minimum atomic E-state index is 0.238. The van der Waals surface area contributed by atoms with Gasteiger partial charge in [0.1, 0.15) is 4.34 Å². The van der Waals surface area contributed by atoms with Crippen LogP contribution in [-0.2, 0) is 0 Å². The van der Waals surface area contributed by atoms with E-state index in [0.717, 1.165) is 21.2 Å². The van der Waals surface area contributed by atoms with Crippen molar-refractivity contribution < 1.29 is 0 Å². The standard InChI is InChI=1S/C18H15ClN2S/c19-18-16(10-11-22-18)17(21-12-20)15-8-6-14(7-9-15)13-4-2-1-3-5-13/h1-11H,12,20H2/b21-17-. The Balaban J connectivity index is 1.97. The third kappa shape index (κ3) is 3.12. The van der Waals surface area contributed by atoms with E-state index in [4.69, 9.17) is 17.3 Å². The first-order valence-electron chi connectivity index (χ1n) is 6.93. The summed E-state index contributed by atoms with van der Waals surface area (Å²) in [6.45, 7) is 0.238. The van der Waals surface area contributed by atoms with Crippen molar-refractivity contribution in [2.45, 2.75) is 0 Å². The molecule has 3 aromatic rings. The van der Waals surface area contributed by atoms with Gasteiger partial charge in [0.2, 0.25) is 0 Å². The summed E-state index contributed by atoms with van der Waals surface area (Å²) < 4.78 is 0.735. The van der Waals surface area contributed by atoms with Crippen LogP contribution in [0.1, 0.15) is 11.1 Å². The zero-order chi connectivity index (χ0) is 15.4. The van der Waals surface area contributed by atoms with Gasteiger partial charge in [-0.25, -0.2) is 0 Å². The van der Waals surface area contributed by atoms with Crippen LogP contribution >= 0.6 is 22.9 Å². The summed E-state index contributed by atoms with van der Waals surface area (Å²) in [7, 11) is 0. The van der Waals surface area contributed by atoms with Crippen LogP contribution in [-0.4, -0.2) is 12.4 Å². The first kappa shape index (κ1) is 15.0. The molecule has 0 bridgehead atoms. The molecule has 0 radical (unpaired) electrons. The second-order valence-electron chi connectivity index (χ2n) is 4.74. The van der Waals surface area contributed by atoms with Gasteiger partial charge in [0.05, 0.1) is 12.4 Å². The zero-order valence-corrected chi connectivity index (χ0v) is 13.4. The molecule has 22 heavy (non-hydrogen) atoms. The Bertz CT molecular complexity index is 776. The quantitative estimate of drug-likeness (QED) is 0.686. The van der Waals surface area contributed by atoms with Gasteiger partial charge in [-0.15, -0.1) is 11.3 Å². The Morgan fingerprint density at radius 2 is 1.64 bits per heavy atom. The van der Waals surface area contributed by atoms with Crippen molar-refractivity contribution in [3.63, 3.8) is 0 Å². The van der Waals surface area contributed by atoms with Crippen molar-refractivity contribution in [2.75, 3.05) is 6.67 Å². The van der Waals surface area contributed by atoms with E-state index in [1.165, 1.54) is 22.5 Å². The Morgan fingerprint density at radius 1 is 0.955 bits per heavy atom. The van der Waals surface area contributed by atoms with Crippen molar-refractivity contribution in [3.8, 4) is 11.1 Å². The number of nitrogens with two attached hydrogens (primary N) is 1. The highest BCUT2D eigenvalue weighted by Crippen LogP contribution is 2.27. The van der Waals surface area contributed by atoms with Gasteiger partial charge < -0.3 is 5.73 Å². The van der Waals surface area contributed by atoms with Crippen LogP contribution < -0.4 is 5.73 Å². The first-order chi connectivity index (χ1) is 10.8. The average Bonchev–Trinajstić information content (AvgIpc) is 2.99. The molecular weight excluding hydrogens is 312 g/mol. The maximum Gasteiger partial charge on any atom is 0.102 e. The fourth-order valence-electron chi connectivity index (χ4n) is 2.34. The van der Waals surface area contributed by atoms with Gasteiger partial charge in [0.25, 0.3) is 0 Å². The summed E-state index contributed by atoms with van der Waals surface area (Å²) in [5, 5.41) is 1.96. The number of rotatable bonds is 4. The molecule has 3 rings (SSSR count). The van der Waals surface area contributed by atoms with Crippen LogP contribution in [0.4, 0.5) is 0 Å². The molecule has 0 spiro atoms. The summed E-state index contributed by atoms with van der Waals surface area (Å²) in [5.74, 6) is 0. The highest BCUT2D eigenvalue weighted by atomic mass is 35.5. The molecule has 0 unspecified atom stereocenters. The summed E-state index contributed by atoms with van der Waals surface area (Å²) in [6.07, 6.45) is 0. The SMILES string of the molecule is NC/N=C(/c1ccc(-c2ccccc2)cc1)c1ccsc1Cl. The van der Waals surface area contributed by atoms with Crippen molar-refractivity contribution in [1.82, 2.24) is 0 Å². The maximum absolute atomic E-state index is 6.24. The third-order valence-corrected chi connectivity index (χ3v) is 4.56. The normalized spacial score (nSPS) is 11.6. The summed E-state index contributed by atoms with van der Waals surface area (Å²) in [4.78, 5) is 4.42. The fraction of sp³-hybridized carbons (Fsp3) is 0.0556. The summed E-state index contributed by atoms with van der Waals surface area (Å²) >= 11 is 7.74. The van der Waals surface area contributed by atoms with Crippen molar-refractivity contribution in [3.05, 3.63) is 81.5 Å². The molecular formula is C18H15ClN2S. The van der Waals surface area contributed by atoms with Crippen LogP contribution in [0.25, 0.3) is 11.1 Å². The smallest absolute Gasteiger partial charge is 0.102 e. The van der Waals surface area contributed by atoms with Gasteiger partial charge in [-0.3, -0.25) is 4.99 Å². The van der Waals surface area contributed by atoms with E-state index < -0.39 is 0 Å². The largest absolute Gasteiger partial charge is 0.312 e. The van der Waals surface area contributed by atoms with Gasteiger partial charge in [0, 0.05) is 11.1 Å². The lowest BCUT2D eigenvalue weighted by atomic mass is 10.00. The van der Waals surface area contributed by atoms with Gasteiger partial charge in [0.15, 0.2) is 0 Å². The lowest BCUT2D eigenvalue weighted by molar-refractivity contribution is 1.07. The summed E-state index contributed by atoms with van der Waals surface area (Å²) in [6, 6.07) is 20.6. The molecule has 2 nitrogen and oxygen atoms in total. The number of benzene rings is 2. The zero-order valence-electron chi connectivity index (χ0n) is 11.9. The Kier molecular flexibility index (Phi) is 4.68. The van der Waals surface area contributed by atoms with Crippen LogP contribution in [0.15, 0.2) is 71.0 Å². The van der Waals surface area contributed by atoms with Gasteiger partial charge in [-0.2, -0.15) is 0 Å². The van der Waals surface area contributed by atoms with E-state index in [9.17, 15) is 0 Å². The molecule has 0 aliphatic rings. The molecule has 0 saturated carbocycles. The molecule has 2 aromatic carbocycles. The van der Waals surface area contributed by atoms with E-state index in [-0.39, 0.29) is 6.67 Å². The molecule has 0 fully saturated rings. The van der Waals surface area contributed by atoms with Crippen LogP contribution in [0, 0.1) is 0 Å². The number of aliphatic imine (C=N–C) groups is 1. The molecule has 0 amide bonds. The number of hydrogen-bond acceptors (Lipinski definition) is 3. The number of nitrogens with zero attached hydrogens (tertiary/aromatic N) is 1. The average molecular weight is 327 g/mol. The monoisotopic (exact) mass is 326 g/mol. The van der Waals surface area contributed by atoms with E-state index >= 15 is 0 Å². The Hall–Kier alpha value is -1.94. The van der Waals surface area contributed by atoms with Crippen LogP contribution in [0.2, 0.25) is 4.34 Å². The lowest BCUT2D eigenvalue weighted by Gasteiger charge is -2.08. The van der Waals surface area contributed by atoms with Gasteiger partial charge in [-0.1, -0.05) is 66.2 Å². The number of thiophene rings is 1. The molecule has 4 heteroatoms. The summed E-state index contributed by atoms with van der Waals surface area (Å²) in [5.41, 5.74) is 10.8. The van der Waals surface area contributed by atoms with E-state index in [2.05, 4.69) is 41.4 Å². The predicted octanol–water partition coefficient (Wildman–Crippen LogP) is 4.82. The molecule has 0 atom stereocenters. The van der Waals surface area contributed by atoms with Gasteiger partial charge >= 0.3 is 0 Å². The molecule has 110 valence electrons. The fourth-order valence-corrected chi connectivity index (χ4v) is 3.26. The molecule has 1 aromatic heterocycles. The first-order valence-corrected chi connectivity index (χ1v) is 8.19. The number of hydrogen-bond donors (Lipinski definition) is 1. The van der Waals surface area contributed by atoms with E-state index in [1.54, 1.807) is 0 Å². The van der Waals surface area contributed by atoms with Crippen LogP contribution in [0.5, 0.6) is 0 Å². The lowest BCUT2D eigenvalue weighted by Crippen LogP contribution is -2.07. The third-order valence-electron chi connectivity index (χ3n) is 3.39. The number of halogens is 1. The Labute approximate surface area is 138 Å². The van der Waals surface area contributed by atoms with Crippen molar-refractivity contribution >= 4 is 28.6 Å². The van der Waals surface area contributed by atoms with E-state index in [0.29, 0.717) is 0 Å². The van der Waals surface area contributed by atoms with Crippen LogP contribution in [0.3, 0.4) is 0 Å². The van der Waals surface area contributed by atoms with Crippen molar-refractivity contribution in [1.29, 1.82) is 0 Å². The second-order valence-corrected chi connectivity index (χ2v) is 6.26. The maximum atomic E-state index is 6.24. The molecule has 0 aliphatic heterocycles. The van der Waals surface area contributed by atoms with Gasteiger partial charge in [-0.05, 0) is 22.6 Å². The highest BCUT2D eigenvalue weighted by Gasteiger charge is 2.12. The second kappa shape index (κ2) is 6.88. The van der Waals surface area contributed by atoms with Crippen molar-refractivity contribution in [2.24, 2.45) is 10.7 Å². The van der Waals surface area contributed by atoms with E-state index in [1.807, 2.05) is 29.6 Å². The molecule has 1 heterocycles. The Morgan fingerprint density at radius 3 is 2.23 bits per heavy atom. The molecule has 0 saturated heterocycles. The molecule has 0 aliphatic carbocycles. The minimum Gasteiger partial charge on any atom is -0.312 e. The topological polar surface area (TPSA) is 38.4 Å². The minimum absolute atomic E-state index is 0.238.